The van der Waals surface area contributed by atoms with Crippen LogP contribution >= 0.6 is 45.8 Å². The van der Waals surface area contributed by atoms with E-state index in [1.807, 2.05) is 0 Å². The number of benzene rings is 1. The van der Waals surface area contributed by atoms with Crippen LogP contribution < -0.4 is 0 Å². The van der Waals surface area contributed by atoms with E-state index in [4.69, 9.17) is 23.2 Å². The minimum absolute atomic E-state index is 0.0572. The van der Waals surface area contributed by atoms with E-state index in [2.05, 4.69) is 46.9 Å². The lowest BCUT2D eigenvalue weighted by Crippen LogP contribution is -2.37. The molecular formula is C14H17Cl2IO2S. The fourth-order valence-electron chi connectivity index (χ4n) is 2.78. The lowest BCUT2D eigenvalue weighted by Gasteiger charge is -2.35. The van der Waals surface area contributed by atoms with Crippen LogP contribution in [-0.4, -0.2) is 31.7 Å². The van der Waals surface area contributed by atoms with E-state index in [1.54, 1.807) is 0 Å². The molecule has 1 unspecified atom stereocenters. The summed E-state index contributed by atoms with van der Waals surface area (Å²) >= 11 is 14.7. The van der Waals surface area contributed by atoms with E-state index in [0.717, 1.165) is 12.0 Å². The Labute approximate surface area is 144 Å². The molecule has 112 valence electrons. The van der Waals surface area contributed by atoms with Crippen LogP contribution in [0.2, 0.25) is 0 Å². The van der Waals surface area contributed by atoms with Crippen LogP contribution in [0.3, 0.4) is 0 Å². The summed E-state index contributed by atoms with van der Waals surface area (Å²) in [5.41, 5.74) is 0.829. The third kappa shape index (κ3) is 3.81. The van der Waals surface area contributed by atoms with Crippen LogP contribution in [-0.2, 0) is 16.3 Å². The molecule has 1 atom stereocenters. The largest absolute Gasteiger partial charge is 0.229 e. The van der Waals surface area contributed by atoms with Gasteiger partial charge < -0.3 is 0 Å². The molecule has 1 fully saturated rings. The summed E-state index contributed by atoms with van der Waals surface area (Å²) < 4.78 is 24.6. The smallest absolute Gasteiger partial charge is 0.150 e. The van der Waals surface area contributed by atoms with Crippen molar-refractivity contribution in [3.8, 4) is 0 Å². The summed E-state index contributed by atoms with van der Waals surface area (Å²) in [7, 11) is -2.92. The summed E-state index contributed by atoms with van der Waals surface area (Å²) in [6.45, 7) is 0. The number of hydrogen-bond donors (Lipinski definition) is 0. The molecule has 0 aliphatic carbocycles. The first-order chi connectivity index (χ1) is 9.41. The monoisotopic (exact) mass is 446 g/mol. The van der Waals surface area contributed by atoms with Crippen molar-refractivity contribution in [3.63, 3.8) is 0 Å². The predicted molar refractivity (Wildman–Crippen MR) is 93.5 cm³/mol. The van der Waals surface area contributed by atoms with Crippen molar-refractivity contribution in [1.82, 2.24) is 0 Å². The van der Waals surface area contributed by atoms with E-state index >= 15 is 0 Å². The molecule has 1 aliphatic rings. The molecule has 0 aromatic heterocycles. The molecule has 2 rings (SSSR count). The molecule has 1 saturated heterocycles. The number of rotatable bonds is 5. The Hall–Kier alpha value is 0.480. The van der Waals surface area contributed by atoms with Crippen LogP contribution in [0.25, 0.3) is 0 Å². The molecule has 0 N–H and O–H groups in total. The summed E-state index contributed by atoms with van der Waals surface area (Å²) in [5, 5.41) is 0. The van der Waals surface area contributed by atoms with Crippen molar-refractivity contribution in [3.05, 3.63) is 33.4 Å². The molecule has 1 aliphatic heterocycles. The molecule has 6 heteroatoms. The Morgan fingerprint density at radius 2 is 1.80 bits per heavy atom. The highest BCUT2D eigenvalue weighted by molar-refractivity contribution is 14.1. The lowest BCUT2D eigenvalue weighted by molar-refractivity contribution is 0.244. The quantitative estimate of drug-likeness (QED) is 0.510. The van der Waals surface area contributed by atoms with Gasteiger partial charge in [-0.05, 0) is 59.0 Å². The van der Waals surface area contributed by atoms with Gasteiger partial charge in [0.05, 0.1) is 11.5 Å². The maximum absolute atomic E-state index is 11.7. The first kappa shape index (κ1) is 16.8. The van der Waals surface area contributed by atoms with Crippen LogP contribution in [0, 0.1) is 14.9 Å². The maximum atomic E-state index is 11.7. The van der Waals surface area contributed by atoms with Crippen LogP contribution in [0.5, 0.6) is 0 Å². The maximum Gasteiger partial charge on any atom is 0.150 e. The summed E-state index contributed by atoms with van der Waals surface area (Å²) in [5.74, 6) is 1.32. The second kappa shape index (κ2) is 6.71. The molecule has 0 spiro atoms. The van der Waals surface area contributed by atoms with Gasteiger partial charge in [-0.1, -0.05) is 12.1 Å². The van der Waals surface area contributed by atoms with E-state index in [1.165, 1.54) is 3.57 Å². The van der Waals surface area contributed by atoms with Gasteiger partial charge in [-0.3, -0.25) is 0 Å². The second-order valence-corrected chi connectivity index (χ2v) is 9.54. The minimum Gasteiger partial charge on any atom is -0.229 e. The van der Waals surface area contributed by atoms with Crippen LogP contribution in [0.15, 0.2) is 24.3 Å². The molecule has 1 aromatic rings. The van der Waals surface area contributed by atoms with Gasteiger partial charge >= 0.3 is 0 Å². The van der Waals surface area contributed by atoms with Gasteiger partial charge in [-0.15, -0.1) is 23.2 Å². The van der Waals surface area contributed by atoms with E-state index in [0.29, 0.717) is 18.2 Å². The third-order valence-electron chi connectivity index (χ3n) is 4.10. The van der Waals surface area contributed by atoms with Crippen molar-refractivity contribution < 1.29 is 8.42 Å². The Morgan fingerprint density at radius 1 is 1.20 bits per heavy atom. The normalized spacial score (nSPS) is 22.1. The second-order valence-electron chi connectivity index (χ2n) is 5.53. The fourth-order valence-corrected chi connectivity index (χ4v) is 5.99. The van der Waals surface area contributed by atoms with E-state index in [9.17, 15) is 8.42 Å². The van der Waals surface area contributed by atoms with Gasteiger partial charge in [0, 0.05) is 20.7 Å². The van der Waals surface area contributed by atoms with Gasteiger partial charge in [0.1, 0.15) is 0 Å². The van der Waals surface area contributed by atoms with Crippen molar-refractivity contribution >= 4 is 55.6 Å². The Balaban J connectivity index is 2.23. The highest BCUT2D eigenvalue weighted by Gasteiger charge is 2.43. The van der Waals surface area contributed by atoms with Crippen molar-refractivity contribution in [1.29, 1.82) is 0 Å². The average Bonchev–Trinajstić information content (AvgIpc) is 2.79. The molecule has 0 radical (unpaired) electrons. The van der Waals surface area contributed by atoms with Gasteiger partial charge in [0.15, 0.2) is 9.84 Å². The van der Waals surface area contributed by atoms with E-state index in [-0.39, 0.29) is 22.8 Å². The van der Waals surface area contributed by atoms with Gasteiger partial charge in [0.25, 0.3) is 0 Å². The fraction of sp³-hybridized carbons (Fsp3) is 0.571. The minimum atomic E-state index is -2.92. The first-order valence-corrected chi connectivity index (χ1v) is 10.4. The molecule has 0 bridgehead atoms. The highest BCUT2D eigenvalue weighted by atomic mass is 127. The van der Waals surface area contributed by atoms with Crippen molar-refractivity contribution in [2.24, 2.45) is 11.3 Å². The highest BCUT2D eigenvalue weighted by Crippen LogP contribution is 2.41. The summed E-state index contributed by atoms with van der Waals surface area (Å²) in [6.07, 6.45) is 1.41. The lowest BCUT2D eigenvalue weighted by atomic mass is 9.74. The van der Waals surface area contributed by atoms with E-state index < -0.39 is 9.84 Å². The zero-order valence-electron chi connectivity index (χ0n) is 11.0. The Kier molecular flexibility index (Phi) is 5.65. The number of alkyl halides is 2. The standard InChI is InChI=1S/C14H17Cl2IO2S/c15-9-14(10-16,12-5-6-20(18,19)8-12)7-11-1-3-13(17)4-2-11/h1-4,12H,5-10H2. The number of hydrogen-bond acceptors (Lipinski definition) is 2. The zero-order chi connectivity index (χ0) is 14.8. The molecule has 1 heterocycles. The summed E-state index contributed by atoms with van der Waals surface area (Å²) in [4.78, 5) is 0. The zero-order valence-corrected chi connectivity index (χ0v) is 15.5. The average molecular weight is 447 g/mol. The molecule has 1 aromatic carbocycles. The van der Waals surface area contributed by atoms with Crippen LogP contribution in [0.1, 0.15) is 12.0 Å². The van der Waals surface area contributed by atoms with Crippen molar-refractivity contribution in [2.45, 2.75) is 12.8 Å². The molecule has 20 heavy (non-hydrogen) atoms. The Bertz CT molecular complexity index is 553. The first-order valence-electron chi connectivity index (χ1n) is 6.47. The van der Waals surface area contributed by atoms with Gasteiger partial charge in [0.2, 0.25) is 0 Å². The Morgan fingerprint density at radius 3 is 2.25 bits per heavy atom. The van der Waals surface area contributed by atoms with Crippen molar-refractivity contribution in [2.75, 3.05) is 23.3 Å². The molecule has 0 amide bonds. The third-order valence-corrected chi connectivity index (χ3v) is 7.65. The van der Waals surface area contributed by atoms with Crippen LogP contribution in [0.4, 0.5) is 0 Å². The summed E-state index contributed by atoms with van der Waals surface area (Å²) in [6, 6.07) is 8.24. The number of halogens is 3. The predicted octanol–water partition coefficient (Wildman–Crippen LogP) is 3.73. The molecular weight excluding hydrogens is 430 g/mol. The molecule has 2 nitrogen and oxygen atoms in total. The topological polar surface area (TPSA) is 34.1 Å². The SMILES string of the molecule is O=S1(=O)CCC(C(CCl)(CCl)Cc2ccc(I)cc2)C1. The van der Waals surface area contributed by atoms with Gasteiger partial charge in [-0.2, -0.15) is 0 Å². The molecule has 0 saturated carbocycles. The number of sulfone groups is 1. The van der Waals surface area contributed by atoms with Gasteiger partial charge in [-0.25, -0.2) is 8.42 Å².